The molecule has 2 saturated carbocycles. The van der Waals surface area contributed by atoms with E-state index in [1.165, 1.54) is 25.7 Å². The molecule has 9 rings (SSSR count). The minimum absolute atomic E-state index is 0.0608. The molecule has 2 atom stereocenters. The van der Waals surface area contributed by atoms with Crippen LogP contribution < -0.4 is 10.2 Å². The number of hydrogen-bond acceptors (Lipinski definition) is 7. The summed E-state index contributed by atoms with van der Waals surface area (Å²) in [6.07, 6.45) is 9.16. The molecular formula is C37H41FN8O2. The predicted molar refractivity (Wildman–Crippen MR) is 181 cm³/mol. The van der Waals surface area contributed by atoms with Crippen LogP contribution in [0.3, 0.4) is 0 Å². The van der Waals surface area contributed by atoms with Crippen LogP contribution in [0.1, 0.15) is 64.5 Å². The number of benzene rings is 1. The van der Waals surface area contributed by atoms with Gasteiger partial charge in [0.1, 0.15) is 5.52 Å². The van der Waals surface area contributed by atoms with Gasteiger partial charge in [0.2, 0.25) is 11.8 Å². The van der Waals surface area contributed by atoms with Gasteiger partial charge in [-0.2, -0.15) is 0 Å². The van der Waals surface area contributed by atoms with E-state index in [0.29, 0.717) is 43.5 Å². The summed E-state index contributed by atoms with van der Waals surface area (Å²) in [7, 11) is 0. The Kier molecular flexibility index (Phi) is 6.70. The first-order chi connectivity index (χ1) is 23.2. The maximum absolute atomic E-state index is 14.8. The smallest absolute Gasteiger partial charge is 0.238 e. The first-order valence-corrected chi connectivity index (χ1v) is 17.4. The zero-order valence-electron chi connectivity index (χ0n) is 27.7. The molecule has 2 amide bonds. The third-order valence-corrected chi connectivity index (χ3v) is 11.9. The Bertz CT molecular complexity index is 1950. The monoisotopic (exact) mass is 648 g/mol. The largest absolute Gasteiger partial charge is 0.343 e. The Labute approximate surface area is 279 Å². The summed E-state index contributed by atoms with van der Waals surface area (Å²) in [6.45, 7) is 9.34. The highest BCUT2D eigenvalue weighted by atomic mass is 19.1. The lowest BCUT2D eigenvalue weighted by molar-refractivity contribution is -0.134. The molecule has 1 N–H and O–H groups in total. The summed E-state index contributed by atoms with van der Waals surface area (Å²) in [5.41, 5.74) is 4.79. The van der Waals surface area contributed by atoms with E-state index >= 15 is 0 Å². The van der Waals surface area contributed by atoms with Crippen molar-refractivity contribution in [2.24, 2.45) is 11.8 Å². The van der Waals surface area contributed by atoms with Crippen molar-refractivity contribution in [3.63, 3.8) is 0 Å². The van der Waals surface area contributed by atoms with Gasteiger partial charge in [-0.25, -0.2) is 14.4 Å². The number of carbonyl (C=O) groups is 2. The van der Waals surface area contributed by atoms with E-state index in [1.807, 2.05) is 15.5 Å². The number of nitrogens with zero attached hydrogens (tertiary/aromatic N) is 7. The van der Waals surface area contributed by atoms with Crippen LogP contribution in [0.5, 0.6) is 0 Å². The van der Waals surface area contributed by atoms with Crippen molar-refractivity contribution in [2.45, 2.75) is 76.4 Å². The van der Waals surface area contributed by atoms with Crippen LogP contribution in [0.25, 0.3) is 22.3 Å². The van der Waals surface area contributed by atoms with E-state index in [2.05, 4.69) is 52.1 Å². The van der Waals surface area contributed by atoms with Crippen molar-refractivity contribution < 1.29 is 14.0 Å². The van der Waals surface area contributed by atoms with Crippen LogP contribution in [0.4, 0.5) is 21.6 Å². The van der Waals surface area contributed by atoms with Crippen molar-refractivity contribution >= 4 is 40.0 Å². The number of amides is 2. The summed E-state index contributed by atoms with van der Waals surface area (Å²) in [5, 5.41) is 3.22. The van der Waals surface area contributed by atoms with Gasteiger partial charge < -0.3 is 19.7 Å². The van der Waals surface area contributed by atoms with Gasteiger partial charge in [0, 0.05) is 68.7 Å². The van der Waals surface area contributed by atoms with Crippen molar-refractivity contribution in [2.75, 3.05) is 36.4 Å². The number of aromatic nitrogens is 4. The maximum atomic E-state index is 14.8. The molecule has 2 unspecified atom stereocenters. The van der Waals surface area contributed by atoms with E-state index in [9.17, 15) is 14.0 Å². The van der Waals surface area contributed by atoms with Crippen molar-refractivity contribution in [3.05, 3.63) is 60.4 Å². The summed E-state index contributed by atoms with van der Waals surface area (Å²) in [4.78, 5) is 47.2. The molecule has 4 aromatic rings. The predicted octanol–water partition coefficient (Wildman–Crippen LogP) is 5.67. The van der Waals surface area contributed by atoms with Gasteiger partial charge in [0.15, 0.2) is 11.6 Å². The molecule has 0 bridgehead atoms. The molecule has 10 nitrogen and oxygen atoms in total. The van der Waals surface area contributed by atoms with E-state index < -0.39 is 11.2 Å². The van der Waals surface area contributed by atoms with Gasteiger partial charge in [-0.3, -0.25) is 19.5 Å². The molecule has 3 aromatic heterocycles. The average molecular weight is 649 g/mol. The van der Waals surface area contributed by atoms with Crippen molar-refractivity contribution in [3.8, 4) is 11.3 Å². The SMILES string of the molecule is CC(=O)N1CCC2(CC1)C(=O)N([C@H]1C[C@@H](N3CC4CC4C3)C1)c1cc(-c3cc4ncn(C(C)C)c4c(Nc4ccncc4F)n3)ccc12. The van der Waals surface area contributed by atoms with E-state index in [1.54, 1.807) is 25.5 Å². The third-order valence-electron chi connectivity index (χ3n) is 11.9. The van der Waals surface area contributed by atoms with E-state index in [4.69, 9.17) is 9.97 Å². The van der Waals surface area contributed by atoms with Gasteiger partial charge >= 0.3 is 0 Å². The normalized spacial score (nSPS) is 25.9. The first-order valence-electron chi connectivity index (χ1n) is 17.4. The Balaban J connectivity index is 1.11. The molecule has 3 aliphatic heterocycles. The summed E-state index contributed by atoms with van der Waals surface area (Å²) in [5.74, 6) is 2.06. The number of hydrogen-bond donors (Lipinski definition) is 1. The van der Waals surface area contributed by atoms with Crippen LogP contribution in [-0.4, -0.2) is 79.4 Å². The molecular weight excluding hydrogens is 607 g/mol. The fourth-order valence-electron chi connectivity index (χ4n) is 8.89. The highest BCUT2D eigenvalue weighted by Gasteiger charge is 2.57. The minimum atomic E-state index is -0.626. The number of anilines is 3. The maximum Gasteiger partial charge on any atom is 0.238 e. The molecule has 0 radical (unpaired) electrons. The third kappa shape index (κ3) is 4.57. The Hall–Kier alpha value is -4.38. The molecule has 1 aromatic carbocycles. The highest BCUT2D eigenvalue weighted by Crippen LogP contribution is 2.53. The number of nitrogens with one attached hydrogen (secondary N) is 1. The van der Waals surface area contributed by atoms with Crippen LogP contribution in [0.2, 0.25) is 0 Å². The molecule has 2 aliphatic carbocycles. The van der Waals surface area contributed by atoms with Gasteiger partial charge in [-0.15, -0.1) is 0 Å². The molecule has 48 heavy (non-hydrogen) atoms. The quantitative estimate of drug-likeness (QED) is 0.288. The lowest BCUT2D eigenvalue weighted by Crippen LogP contribution is -2.57. The zero-order valence-corrected chi connectivity index (χ0v) is 27.7. The Morgan fingerprint density at radius 1 is 1.04 bits per heavy atom. The van der Waals surface area contributed by atoms with Gasteiger partial charge in [0.05, 0.1) is 34.8 Å². The molecule has 11 heteroatoms. The van der Waals surface area contributed by atoms with E-state index in [0.717, 1.165) is 52.5 Å². The van der Waals surface area contributed by atoms with Crippen molar-refractivity contribution in [1.82, 2.24) is 29.3 Å². The van der Waals surface area contributed by atoms with Crippen LogP contribution in [0, 0.1) is 17.7 Å². The molecule has 2 saturated heterocycles. The standard InChI is InChI=1S/C37H41FN8O2/c1-21(2)45-20-40-32-16-31(42-35(34(32)45)41-30-6-9-39-17-29(30)38)23-4-5-28-33(13-23)46(27-14-26(15-27)44-18-24-12-25(24)19-44)36(48)37(28)7-10-43(11-8-37)22(3)47/h4-6,9,13,16-17,20-21,24-27H,7-8,10-12,14-15,18-19H2,1-3H3,(H,39,41,42)/t24?,25?,26-,27+. The second kappa shape index (κ2) is 10.8. The lowest BCUT2D eigenvalue weighted by atomic mass is 9.73. The summed E-state index contributed by atoms with van der Waals surface area (Å²) < 4.78 is 16.8. The lowest BCUT2D eigenvalue weighted by Gasteiger charge is -2.46. The van der Waals surface area contributed by atoms with E-state index in [-0.39, 0.29) is 29.6 Å². The van der Waals surface area contributed by atoms with Crippen LogP contribution >= 0.6 is 0 Å². The zero-order chi connectivity index (χ0) is 32.9. The molecule has 5 aliphatic rings. The van der Waals surface area contributed by atoms with Gasteiger partial charge in [-0.1, -0.05) is 12.1 Å². The summed E-state index contributed by atoms with van der Waals surface area (Å²) >= 11 is 0. The van der Waals surface area contributed by atoms with Gasteiger partial charge in [0.25, 0.3) is 0 Å². The number of pyridine rings is 2. The molecule has 1 spiro atoms. The second-order valence-corrected chi connectivity index (χ2v) is 14.9. The summed E-state index contributed by atoms with van der Waals surface area (Å²) in [6, 6.07) is 10.7. The number of imidazole rings is 1. The number of fused-ring (bicyclic) bond motifs is 4. The van der Waals surface area contributed by atoms with Crippen LogP contribution in [0.15, 0.2) is 49.1 Å². The topological polar surface area (TPSA) is 99.5 Å². The number of rotatable bonds is 6. The minimum Gasteiger partial charge on any atom is -0.343 e. The van der Waals surface area contributed by atoms with Gasteiger partial charge in [-0.05, 0) is 81.5 Å². The second-order valence-electron chi connectivity index (χ2n) is 14.9. The van der Waals surface area contributed by atoms with Crippen LogP contribution in [-0.2, 0) is 15.0 Å². The fourth-order valence-corrected chi connectivity index (χ4v) is 8.89. The number of carbonyl (C=O) groups excluding carboxylic acids is 2. The number of halogens is 1. The molecule has 248 valence electrons. The van der Waals surface area contributed by atoms with Crippen molar-refractivity contribution in [1.29, 1.82) is 0 Å². The first kappa shape index (κ1) is 29.7. The Morgan fingerprint density at radius 3 is 2.52 bits per heavy atom. The fraction of sp³-hybridized carbons (Fsp3) is 0.486. The number of piperidine rings is 2. The number of likely N-dealkylation sites (tertiary alicyclic amines) is 2. The molecule has 6 heterocycles. The molecule has 4 fully saturated rings. The highest BCUT2D eigenvalue weighted by molar-refractivity contribution is 6.09. The Morgan fingerprint density at radius 2 is 1.81 bits per heavy atom. The average Bonchev–Trinajstić information content (AvgIpc) is 3.36.